The van der Waals surface area contributed by atoms with Gasteiger partial charge in [-0.1, -0.05) is 20.8 Å². The van der Waals surface area contributed by atoms with Gasteiger partial charge < -0.3 is 4.57 Å². The largest absolute Gasteiger partial charge is 0.305 e. The van der Waals surface area contributed by atoms with E-state index in [0.717, 1.165) is 5.69 Å². The van der Waals surface area contributed by atoms with Crippen molar-refractivity contribution < 1.29 is 4.92 Å². The molecule has 0 aliphatic rings. The number of aromatic nitrogens is 2. The molecule has 2 rings (SSSR count). The summed E-state index contributed by atoms with van der Waals surface area (Å²) in [7, 11) is 0. The Balaban J connectivity index is 2.51. The minimum atomic E-state index is -0.515. The highest BCUT2D eigenvalue weighted by atomic mass is 16.6. The standard InChI is InChI=1S/C14H14N4O2/c1-14(2,3)13-8-17(9-16-13)12-5-4-11(18(19)20)6-10(12)7-15/h4-6,8-9H,1-3H3. The van der Waals surface area contributed by atoms with Gasteiger partial charge in [-0.2, -0.15) is 5.26 Å². The zero-order chi connectivity index (χ0) is 14.9. The summed E-state index contributed by atoms with van der Waals surface area (Å²) in [5.41, 5.74) is 1.53. The van der Waals surface area contributed by atoms with Crippen LogP contribution in [0.3, 0.4) is 0 Å². The van der Waals surface area contributed by atoms with Crippen molar-refractivity contribution in [3.63, 3.8) is 0 Å². The minimum absolute atomic E-state index is 0.0959. The Morgan fingerprint density at radius 3 is 2.60 bits per heavy atom. The van der Waals surface area contributed by atoms with E-state index in [4.69, 9.17) is 5.26 Å². The second kappa shape index (κ2) is 4.78. The lowest BCUT2D eigenvalue weighted by Gasteiger charge is -2.14. The zero-order valence-electron chi connectivity index (χ0n) is 11.5. The Morgan fingerprint density at radius 2 is 2.10 bits per heavy atom. The maximum atomic E-state index is 10.7. The summed E-state index contributed by atoms with van der Waals surface area (Å²) < 4.78 is 1.71. The molecule has 0 spiro atoms. The van der Waals surface area contributed by atoms with Crippen molar-refractivity contribution in [1.82, 2.24) is 9.55 Å². The molecule has 102 valence electrons. The molecule has 0 aliphatic carbocycles. The Morgan fingerprint density at radius 1 is 1.40 bits per heavy atom. The van der Waals surface area contributed by atoms with Gasteiger partial charge in [-0.3, -0.25) is 10.1 Å². The first-order chi connectivity index (χ1) is 9.32. The number of nitro benzene ring substituents is 1. The molecule has 0 fully saturated rings. The van der Waals surface area contributed by atoms with Crippen LogP contribution in [0.1, 0.15) is 32.0 Å². The van der Waals surface area contributed by atoms with Gasteiger partial charge in [-0.05, 0) is 6.07 Å². The van der Waals surface area contributed by atoms with Crippen LogP contribution in [0.2, 0.25) is 0 Å². The van der Waals surface area contributed by atoms with Crippen molar-refractivity contribution in [3.8, 4) is 11.8 Å². The minimum Gasteiger partial charge on any atom is -0.305 e. The molecule has 1 heterocycles. The number of nitrogens with zero attached hydrogens (tertiary/aromatic N) is 4. The van der Waals surface area contributed by atoms with E-state index in [1.54, 1.807) is 17.0 Å². The molecule has 0 N–H and O–H groups in total. The van der Waals surface area contributed by atoms with Crippen molar-refractivity contribution >= 4 is 5.69 Å². The maximum Gasteiger partial charge on any atom is 0.270 e. The summed E-state index contributed by atoms with van der Waals surface area (Å²) in [4.78, 5) is 14.5. The molecule has 0 aliphatic heterocycles. The molecule has 0 saturated heterocycles. The van der Waals surface area contributed by atoms with Gasteiger partial charge in [0.05, 0.1) is 28.2 Å². The molecule has 0 bridgehead atoms. The summed E-state index contributed by atoms with van der Waals surface area (Å²) in [6.07, 6.45) is 3.45. The smallest absolute Gasteiger partial charge is 0.270 e. The number of rotatable bonds is 2. The fraction of sp³-hybridized carbons (Fsp3) is 0.286. The number of benzene rings is 1. The van der Waals surface area contributed by atoms with Gasteiger partial charge in [0.1, 0.15) is 6.07 Å². The summed E-state index contributed by atoms with van der Waals surface area (Å²) in [5, 5.41) is 19.9. The van der Waals surface area contributed by atoms with E-state index in [2.05, 4.69) is 4.98 Å². The van der Waals surface area contributed by atoms with Crippen LogP contribution in [-0.2, 0) is 5.41 Å². The molecule has 20 heavy (non-hydrogen) atoms. The summed E-state index contributed by atoms with van der Waals surface area (Å²) >= 11 is 0. The second-order valence-electron chi connectivity index (χ2n) is 5.49. The third-order valence-electron chi connectivity index (χ3n) is 2.94. The highest BCUT2D eigenvalue weighted by molar-refractivity contribution is 5.54. The maximum absolute atomic E-state index is 10.7. The van der Waals surface area contributed by atoms with Crippen LogP contribution in [0.5, 0.6) is 0 Å². The van der Waals surface area contributed by atoms with Crippen LogP contribution in [0.25, 0.3) is 5.69 Å². The van der Waals surface area contributed by atoms with Crippen molar-refractivity contribution in [2.45, 2.75) is 26.2 Å². The molecule has 1 aromatic carbocycles. The van der Waals surface area contributed by atoms with Gasteiger partial charge in [0.2, 0.25) is 0 Å². The van der Waals surface area contributed by atoms with Gasteiger partial charge in [0, 0.05) is 23.7 Å². The first-order valence-corrected chi connectivity index (χ1v) is 6.06. The monoisotopic (exact) mass is 270 g/mol. The predicted octanol–water partition coefficient (Wildman–Crippen LogP) is 2.95. The van der Waals surface area contributed by atoms with Gasteiger partial charge in [-0.25, -0.2) is 4.98 Å². The molecule has 6 nitrogen and oxygen atoms in total. The average Bonchev–Trinajstić information content (AvgIpc) is 2.87. The predicted molar refractivity (Wildman–Crippen MR) is 73.6 cm³/mol. The summed E-state index contributed by atoms with van der Waals surface area (Å²) in [6, 6.07) is 6.20. The Hall–Kier alpha value is -2.68. The lowest BCUT2D eigenvalue weighted by atomic mass is 9.93. The number of nitro groups is 1. The fourth-order valence-electron chi connectivity index (χ4n) is 1.79. The molecule has 0 atom stereocenters. The lowest BCUT2D eigenvalue weighted by molar-refractivity contribution is -0.384. The van der Waals surface area contributed by atoms with Gasteiger partial charge in [0.25, 0.3) is 5.69 Å². The van der Waals surface area contributed by atoms with E-state index >= 15 is 0 Å². The van der Waals surface area contributed by atoms with Crippen LogP contribution in [0.4, 0.5) is 5.69 Å². The Kier molecular flexibility index (Phi) is 3.28. The average molecular weight is 270 g/mol. The molecular weight excluding hydrogens is 256 g/mol. The molecule has 0 saturated carbocycles. The van der Waals surface area contributed by atoms with E-state index in [0.29, 0.717) is 5.69 Å². The molecule has 0 unspecified atom stereocenters. The van der Waals surface area contributed by atoms with E-state index in [-0.39, 0.29) is 16.7 Å². The number of imidazole rings is 1. The van der Waals surface area contributed by atoms with Crippen molar-refractivity contribution in [2.75, 3.05) is 0 Å². The number of non-ortho nitro benzene ring substituents is 1. The Labute approximate surface area is 116 Å². The van der Waals surface area contributed by atoms with E-state index in [1.807, 2.05) is 33.0 Å². The van der Waals surface area contributed by atoms with Crippen LogP contribution >= 0.6 is 0 Å². The van der Waals surface area contributed by atoms with Crippen LogP contribution in [0.15, 0.2) is 30.7 Å². The molecular formula is C14H14N4O2. The van der Waals surface area contributed by atoms with Crippen LogP contribution < -0.4 is 0 Å². The molecule has 0 radical (unpaired) electrons. The molecule has 0 amide bonds. The second-order valence-corrected chi connectivity index (χ2v) is 5.49. The topological polar surface area (TPSA) is 84.7 Å². The highest BCUT2D eigenvalue weighted by Gasteiger charge is 2.18. The third kappa shape index (κ3) is 2.52. The van der Waals surface area contributed by atoms with Gasteiger partial charge >= 0.3 is 0 Å². The van der Waals surface area contributed by atoms with E-state index in [9.17, 15) is 10.1 Å². The zero-order valence-corrected chi connectivity index (χ0v) is 11.5. The number of hydrogen-bond acceptors (Lipinski definition) is 4. The van der Waals surface area contributed by atoms with Crippen LogP contribution in [-0.4, -0.2) is 14.5 Å². The molecule has 1 aromatic heterocycles. The number of nitriles is 1. The molecule has 2 aromatic rings. The quantitative estimate of drug-likeness (QED) is 0.620. The van der Waals surface area contributed by atoms with E-state index < -0.39 is 4.92 Å². The molecule has 6 heteroatoms. The highest BCUT2D eigenvalue weighted by Crippen LogP contribution is 2.24. The SMILES string of the molecule is CC(C)(C)c1cn(-c2ccc([N+](=O)[O-])cc2C#N)cn1. The summed E-state index contributed by atoms with van der Waals surface area (Å²) in [5.74, 6) is 0. The van der Waals surface area contributed by atoms with Gasteiger partial charge in [0.15, 0.2) is 0 Å². The lowest BCUT2D eigenvalue weighted by Crippen LogP contribution is -2.11. The fourth-order valence-corrected chi connectivity index (χ4v) is 1.79. The van der Waals surface area contributed by atoms with Crippen LogP contribution in [0, 0.1) is 21.4 Å². The normalized spacial score (nSPS) is 11.1. The Bertz CT molecular complexity index is 705. The first kappa shape index (κ1) is 13.7. The van der Waals surface area contributed by atoms with Gasteiger partial charge in [-0.15, -0.1) is 0 Å². The van der Waals surface area contributed by atoms with E-state index in [1.165, 1.54) is 12.1 Å². The third-order valence-corrected chi connectivity index (χ3v) is 2.94. The first-order valence-electron chi connectivity index (χ1n) is 6.06. The number of hydrogen-bond donors (Lipinski definition) is 0. The van der Waals surface area contributed by atoms with Crippen molar-refractivity contribution in [1.29, 1.82) is 5.26 Å². The van der Waals surface area contributed by atoms with Crippen molar-refractivity contribution in [3.05, 3.63) is 52.1 Å². The van der Waals surface area contributed by atoms with Crippen molar-refractivity contribution in [2.24, 2.45) is 0 Å². The summed E-state index contributed by atoms with van der Waals surface area (Å²) in [6.45, 7) is 6.13.